The van der Waals surface area contributed by atoms with E-state index >= 15 is 0 Å². The van der Waals surface area contributed by atoms with Crippen LogP contribution in [-0.2, 0) is 10.2 Å². The van der Waals surface area contributed by atoms with Crippen molar-refractivity contribution in [2.75, 3.05) is 0 Å². The zero-order chi connectivity index (χ0) is 13.6. The van der Waals surface area contributed by atoms with Crippen LogP contribution < -0.4 is 0 Å². The standard InChI is InChI=1S/C13H10F2N2O2/c14-7-1-2-8(9(15)5-7)10-6-16-11(17-10)13(3-4-13)12(18)19/h1-2,5-6H,3-4H2,(H,16,17)(H,18,19). The molecule has 3 rings (SSSR count). The summed E-state index contributed by atoms with van der Waals surface area (Å²) in [5, 5.41) is 9.14. The van der Waals surface area contributed by atoms with Gasteiger partial charge in [-0.2, -0.15) is 0 Å². The molecule has 98 valence electrons. The lowest BCUT2D eigenvalue weighted by Gasteiger charge is -2.05. The molecule has 4 nitrogen and oxygen atoms in total. The molecule has 0 radical (unpaired) electrons. The fourth-order valence-corrected chi connectivity index (χ4v) is 2.09. The van der Waals surface area contributed by atoms with Gasteiger partial charge in [-0.15, -0.1) is 0 Å². The first-order valence-electron chi connectivity index (χ1n) is 5.77. The Kier molecular flexibility index (Phi) is 2.41. The highest BCUT2D eigenvalue weighted by atomic mass is 19.1. The van der Waals surface area contributed by atoms with Crippen molar-refractivity contribution in [1.82, 2.24) is 9.97 Å². The summed E-state index contributed by atoms with van der Waals surface area (Å²) in [5.41, 5.74) is -0.448. The van der Waals surface area contributed by atoms with Crippen LogP contribution in [0.25, 0.3) is 11.3 Å². The molecule has 1 aromatic heterocycles. The molecule has 1 fully saturated rings. The number of nitrogens with one attached hydrogen (secondary N) is 1. The third-order valence-electron chi connectivity index (χ3n) is 3.41. The number of aromatic amines is 1. The van der Waals surface area contributed by atoms with Gasteiger partial charge in [0.25, 0.3) is 0 Å². The second-order valence-corrected chi connectivity index (χ2v) is 4.66. The Morgan fingerprint density at radius 3 is 2.68 bits per heavy atom. The number of carboxylic acid groups (broad SMARTS) is 1. The van der Waals surface area contributed by atoms with E-state index in [0.29, 0.717) is 24.4 Å². The number of hydrogen-bond acceptors (Lipinski definition) is 2. The molecule has 0 aliphatic heterocycles. The van der Waals surface area contributed by atoms with E-state index in [0.717, 1.165) is 12.1 Å². The normalized spacial score (nSPS) is 16.3. The van der Waals surface area contributed by atoms with Crippen LogP contribution in [0, 0.1) is 11.6 Å². The number of hydrogen-bond donors (Lipinski definition) is 2. The molecule has 0 atom stereocenters. The Hall–Kier alpha value is -2.24. The topological polar surface area (TPSA) is 66.0 Å². The molecule has 0 bridgehead atoms. The minimum Gasteiger partial charge on any atom is -0.480 e. The molecule has 2 aromatic rings. The van der Waals surface area contributed by atoms with Crippen molar-refractivity contribution in [2.24, 2.45) is 0 Å². The van der Waals surface area contributed by atoms with E-state index in [4.69, 9.17) is 5.11 Å². The lowest BCUT2D eigenvalue weighted by molar-refractivity contribution is -0.140. The second-order valence-electron chi connectivity index (χ2n) is 4.66. The van der Waals surface area contributed by atoms with Gasteiger partial charge >= 0.3 is 5.97 Å². The molecule has 6 heteroatoms. The summed E-state index contributed by atoms with van der Waals surface area (Å²) in [5.74, 6) is -1.99. The minimum atomic E-state index is -0.964. The predicted molar refractivity (Wildman–Crippen MR) is 62.5 cm³/mol. The number of rotatable bonds is 3. The van der Waals surface area contributed by atoms with Gasteiger partial charge in [-0.1, -0.05) is 0 Å². The van der Waals surface area contributed by atoms with Gasteiger partial charge < -0.3 is 10.1 Å². The summed E-state index contributed by atoms with van der Waals surface area (Å²) in [6, 6.07) is 3.21. The number of imidazole rings is 1. The summed E-state index contributed by atoms with van der Waals surface area (Å²) in [6.45, 7) is 0. The number of H-pyrrole nitrogens is 1. The van der Waals surface area contributed by atoms with Crippen molar-refractivity contribution in [1.29, 1.82) is 0 Å². The Labute approximate surface area is 107 Å². The van der Waals surface area contributed by atoms with Crippen LogP contribution in [0.3, 0.4) is 0 Å². The fraction of sp³-hybridized carbons (Fsp3) is 0.231. The van der Waals surface area contributed by atoms with Crippen molar-refractivity contribution in [2.45, 2.75) is 18.3 Å². The maximum atomic E-state index is 13.6. The molecule has 19 heavy (non-hydrogen) atoms. The van der Waals surface area contributed by atoms with Gasteiger partial charge in [0.05, 0.1) is 11.9 Å². The van der Waals surface area contributed by atoms with E-state index in [-0.39, 0.29) is 5.56 Å². The molecule has 1 heterocycles. The summed E-state index contributed by atoms with van der Waals surface area (Å²) < 4.78 is 26.4. The third kappa shape index (κ3) is 1.80. The van der Waals surface area contributed by atoms with Crippen molar-refractivity contribution in [3.8, 4) is 11.3 Å². The highest BCUT2D eigenvalue weighted by Crippen LogP contribution is 2.47. The molecule has 1 aliphatic rings. The SMILES string of the molecule is O=C(O)C1(c2ncc(-c3ccc(F)cc3F)[nH]2)CC1. The molecule has 0 unspecified atom stereocenters. The van der Waals surface area contributed by atoms with Gasteiger partial charge in [-0.25, -0.2) is 13.8 Å². The average Bonchev–Trinajstić information content (AvgIpc) is 3.03. The first-order valence-corrected chi connectivity index (χ1v) is 5.77. The Balaban J connectivity index is 2.00. The Morgan fingerprint density at radius 2 is 2.11 bits per heavy atom. The van der Waals surface area contributed by atoms with E-state index in [1.807, 2.05) is 0 Å². The lowest BCUT2D eigenvalue weighted by atomic mass is 10.1. The minimum absolute atomic E-state index is 0.168. The summed E-state index contributed by atoms with van der Waals surface area (Å²) in [6.07, 6.45) is 2.40. The van der Waals surface area contributed by atoms with Crippen molar-refractivity contribution in [3.63, 3.8) is 0 Å². The van der Waals surface area contributed by atoms with E-state index in [9.17, 15) is 13.6 Å². The maximum Gasteiger partial charge on any atom is 0.317 e. The average molecular weight is 264 g/mol. The molecule has 1 aromatic carbocycles. The number of aromatic nitrogens is 2. The fourth-order valence-electron chi connectivity index (χ4n) is 2.09. The number of nitrogens with zero attached hydrogens (tertiary/aromatic N) is 1. The molecule has 0 spiro atoms. The third-order valence-corrected chi connectivity index (χ3v) is 3.41. The molecular formula is C13H10F2N2O2. The molecule has 0 amide bonds. The monoisotopic (exact) mass is 264 g/mol. The van der Waals surface area contributed by atoms with E-state index in [1.54, 1.807) is 0 Å². The number of carbonyl (C=O) groups is 1. The van der Waals surface area contributed by atoms with Crippen LogP contribution >= 0.6 is 0 Å². The molecule has 2 N–H and O–H groups in total. The van der Waals surface area contributed by atoms with Crippen LogP contribution in [0.2, 0.25) is 0 Å². The molecule has 0 saturated heterocycles. The summed E-state index contributed by atoms with van der Waals surface area (Å²) >= 11 is 0. The summed E-state index contributed by atoms with van der Waals surface area (Å²) in [4.78, 5) is 18.0. The Bertz CT molecular complexity index is 662. The van der Waals surface area contributed by atoms with Crippen LogP contribution in [0.1, 0.15) is 18.7 Å². The zero-order valence-electron chi connectivity index (χ0n) is 9.78. The zero-order valence-corrected chi connectivity index (χ0v) is 9.78. The van der Waals surface area contributed by atoms with Gasteiger partial charge in [-0.3, -0.25) is 4.79 Å². The van der Waals surface area contributed by atoms with Crippen LogP contribution in [0.5, 0.6) is 0 Å². The van der Waals surface area contributed by atoms with Gasteiger partial charge in [0.2, 0.25) is 0 Å². The Morgan fingerprint density at radius 1 is 1.37 bits per heavy atom. The van der Waals surface area contributed by atoms with Gasteiger partial charge in [0.1, 0.15) is 22.9 Å². The molecule has 1 saturated carbocycles. The first kappa shape index (κ1) is 11.8. The largest absolute Gasteiger partial charge is 0.480 e. The highest BCUT2D eigenvalue weighted by Gasteiger charge is 2.54. The summed E-state index contributed by atoms with van der Waals surface area (Å²) in [7, 11) is 0. The molecule has 1 aliphatic carbocycles. The van der Waals surface area contributed by atoms with Crippen molar-refractivity contribution < 1.29 is 18.7 Å². The smallest absolute Gasteiger partial charge is 0.317 e. The predicted octanol–water partition coefficient (Wildman–Crippen LogP) is 2.47. The maximum absolute atomic E-state index is 13.6. The second kappa shape index (κ2) is 3.88. The lowest BCUT2D eigenvalue weighted by Crippen LogP contribution is -2.20. The van der Waals surface area contributed by atoms with E-state index < -0.39 is 23.0 Å². The van der Waals surface area contributed by atoms with Crippen LogP contribution in [0.15, 0.2) is 24.4 Å². The highest BCUT2D eigenvalue weighted by molar-refractivity contribution is 5.84. The molecular weight excluding hydrogens is 254 g/mol. The van der Waals surface area contributed by atoms with Crippen LogP contribution in [0.4, 0.5) is 8.78 Å². The van der Waals surface area contributed by atoms with E-state index in [2.05, 4.69) is 9.97 Å². The quantitative estimate of drug-likeness (QED) is 0.895. The van der Waals surface area contributed by atoms with Crippen LogP contribution in [-0.4, -0.2) is 21.0 Å². The van der Waals surface area contributed by atoms with E-state index in [1.165, 1.54) is 12.3 Å². The van der Waals surface area contributed by atoms with Crippen molar-refractivity contribution >= 4 is 5.97 Å². The number of benzene rings is 1. The van der Waals surface area contributed by atoms with Gasteiger partial charge in [0, 0.05) is 11.6 Å². The number of aliphatic carboxylic acids is 1. The number of halogens is 2. The first-order chi connectivity index (χ1) is 9.03. The van der Waals surface area contributed by atoms with Gasteiger partial charge in [-0.05, 0) is 25.0 Å². The van der Waals surface area contributed by atoms with Gasteiger partial charge in [0.15, 0.2) is 0 Å². The number of carboxylic acids is 1. The van der Waals surface area contributed by atoms with Crippen molar-refractivity contribution in [3.05, 3.63) is 41.9 Å².